The molecule has 8 nitrogen and oxygen atoms in total. The van der Waals surface area contributed by atoms with Crippen LogP contribution >= 0.6 is 0 Å². The minimum atomic E-state index is -0.0480. The number of anilines is 1. The minimum Gasteiger partial charge on any atom is -0.378 e. The molecular formula is C30H40N4O4. The largest absolute Gasteiger partial charge is 0.378 e. The quantitative estimate of drug-likeness (QED) is 0.629. The monoisotopic (exact) mass is 520 g/mol. The van der Waals surface area contributed by atoms with Gasteiger partial charge in [0.2, 0.25) is 11.8 Å². The zero-order valence-corrected chi connectivity index (χ0v) is 22.6. The Morgan fingerprint density at radius 1 is 1.11 bits per heavy atom. The van der Waals surface area contributed by atoms with E-state index in [1.165, 1.54) is 6.42 Å². The van der Waals surface area contributed by atoms with Crippen LogP contribution in [-0.4, -0.2) is 60.0 Å². The summed E-state index contributed by atoms with van der Waals surface area (Å²) in [5.74, 6) is 2.74. The number of hydrogen-bond acceptors (Lipinski definition) is 5. The van der Waals surface area contributed by atoms with E-state index < -0.39 is 0 Å². The first-order valence-electron chi connectivity index (χ1n) is 14.4. The molecule has 0 radical (unpaired) electrons. The molecular weight excluding hydrogens is 480 g/mol. The molecule has 0 bridgehead atoms. The van der Waals surface area contributed by atoms with Crippen LogP contribution in [0.4, 0.5) is 5.82 Å². The van der Waals surface area contributed by atoms with Crippen molar-refractivity contribution in [3.63, 3.8) is 0 Å². The van der Waals surface area contributed by atoms with Gasteiger partial charge in [-0.1, -0.05) is 19.9 Å². The summed E-state index contributed by atoms with van der Waals surface area (Å²) in [5.41, 5.74) is 0.739. The molecule has 0 aromatic carbocycles. The molecule has 8 heteroatoms. The van der Waals surface area contributed by atoms with Crippen molar-refractivity contribution in [3.05, 3.63) is 36.0 Å². The highest BCUT2D eigenvalue weighted by atomic mass is 16.5. The van der Waals surface area contributed by atoms with Gasteiger partial charge in [-0.3, -0.25) is 14.4 Å². The molecule has 3 heterocycles. The van der Waals surface area contributed by atoms with Crippen LogP contribution in [-0.2, 0) is 14.3 Å². The Hall–Kier alpha value is -2.74. The zero-order valence-electron chi connectivity index (χ0n) is 22.6. The number of nitrogens with one attached hydrogen (secondary N) is 2. The van der Waals surface area contributed by atoms with Gasteiger partial charge in [-0.25, -0.2) is 4.98 Å². The Morgan fingerprint density at radius 2 is 1.92 bits per heavy atom. The van der Waals surface area contributed by atoms with E-state index in [1.54, 1.807) is 29.3 Å². The standard InChI is InChI=1S/C30H40N4O4/c1-29-11-9-23-21(5-7-24-30(23,2)12-10-26(35)32-24)22(29)6-4-20(29)17-27(36)33-25-8-3-19(18-31-25)28(37)34-13-15-38-16-14-34/h3,8,10,12,18,20-24H,4-7,9,11,13-17H2,1-2H3,(H,32,35)(H,31,33,36)/t20-,21+,22+,23+,24-,29-,30-/m1/s1. The summed E-state index contributed by atoms with van der Waals surface area (Å²) in [6.07, 6.45) is 12.8. The molecule has 3 aliphatic carbocycles. The van der Waals surface area contributed by atoms with Gasteiger partial charge in [0.05, 0.1) is 18.8 Å². The highest BCUT2D eigenvalue weighted by molar-refractivity contribution is 5.95. The Kier molecular flexibility index (Phi) is 6.57. The first-order chi connectivity index (χ1) is 18.3. The SMILES string of the molecule is C[C@]12C=CC(=O)N[C@@H]1CC[C@@H]1[C@@H]2CC[C@]2(C)[C@@H](CC(=O)Nc3ccc(C(=O)N4CCOCC4)cn3)CC[C@@H]12. The average molecular weight is 521 g/mol. The Bertz CT molecular complexity index is 1130. The molecule has 1 aromatic rings. The van der Waals surface area contributed by atoms with Crippen molar-refractivity contribution >= 4 is 23.5 Å². The lowest BCUT2D eigenvalue weighted by atomic mass is 9.48. The molecule has 4 fully saturated rings. The molecule has 2 N–H and O–H groups in total. The number of carbonyl (C=O) groups is 3. The lowest BCUT2D eigenvalue weighted by molar-refractivity contribution is -0.123. The molecule has 5 aliphatic rings. The van der Waals surface area contributed by atoms with Crippen LogP contribution in [0, 0.1) is 34.5 Å². The van der Waals surface area contributed by atoms with Crippen LogP contribution in [0.5, 0.6) is 0 Å². The van der Waals surface area contributed by atoms with Crippen LogP contribution in [0.15, 0.2) is 30.5 Å². The summed E-state index contributed by atoms with van der Waals surface area (Å²) in [4.78, 5) is 43.9. The third kappa shape index (κ3) is 4.34. The summed E-state index contributed by atoms with van der Waals surface area (Å²) in [6.45, 7) is 7.08. The predicted octanol–water partition coefficient (Wildman–Crippen LogP) is 3.80. The summed E-state index contributed by atoms with van der Waals surface area (Å²) < 4.78 is 5.32. The molecule has 3 amide bonds. The number of aromatic nitrogens is 1. The normalized spacial score (nSPS) is 38.0. The van der Waals surface area contributed by atoms with E-state index in [0.717, 1.165) is 32.1 Å². The van der Waals surface area contributed by atoms with Gasteiger partial charge < -0.3 is 20.3 Å². The van der Waals surface area contributed by atoms with Crippen LogP contribution in [0.25, 0.3) is 0 Å². The van der Waals surface area contributed by atoms with Gasteiger partial charge in [-0.15, -0.1) is 0 Å². The fraction of sp³-hybridized carbons (Fsp3) is 0.667. The van der Waals surface area contributed by atoms with Gasteiger partial charge in [-0.05, 0) is 85.8 Å². The van der Waals surface area contributed by atoms with Crippen molar-refractivity contribution < 1.29 is 19.1 Å². The van der Waals surface area contributed by atoms with Gasteiger partial charge in [-0.2, -0.15) is 0 Å². The second-order valence-electron chi connectivity index (χ2n) is 12.6. The highest BCUT2D eigenvalue weighted by Gasteiger charge is 2.59. The molecule has 1 aromatic heterocycles. The van der Waals surface area contributed by atoms with E-state index in [2.05, 4.69) is 35.5 Å². The number of rotatable bonds is 4. The van der Waals surface area contributed by atoms with Gasteiger partial charge >= 0.3 is 0 Å². The molecule has 1 saturated heterocycles. The number of ether oxygens (including phenoxy) is 1. The topological polar surface area (TPSA) is 101 Å². The highest BCUT2D eigenvalue weighted by Crippen LogP contribution is 2.65. The smallest absolute Gasteiger partial charge is 0.255 e. The zero-order chi connectivity index (χ0) is 26.5. The third-order valence-corrected chi connectivity index (χ3v) is 10.9. The van der Waals surface area contributed by atoms with Crippen LogP contribution in [0.1, 0.15) is 69.2 Å². The minimum absolute atomic E-state index is 0.00681. The van der Waals surface area contributed by atoms with E-state index in [-0.39, 0.29) is 34.6 Å². The van der Waals surface area contributed by atoms with E-state index in [0.29, 0.717) is 67.8 Å². The Balaban J connectivity index is 1.08. The molecule has 0 unspecified atom stereocenters. The van der Waals surface area contributed by atoms with E-state index >= 15 is 0 Å². The second kappa shape index (κ2) is 9.78. The van der Waals surface area contributed by atoms with Gasteiger partial charge in [0, 0.05) is 37.2 Å². The van der Waals surface area contributed by atoms with E-state index in [1.807, 2.05) is 0 Å². The Morgan fingerprint density at radius 3 is 2.68 bits per heavy atom. The van der Waals surface area contributed by atoms with Gasteiger partial charge in [0.1, 0.15) is 5.82 Å². The molecule has 0 spiro atoms. The lowest BCUT2D eigenvalue weighted by Gasteiger charge is -2.59. The fourth-order valence-electron chi connectivity index (χ4n) is 8.74. The molecule has 204 valence electrons. The summed E-state index contributed by atoms with van der Waals surface area (Å²) >= 11 is 0. The van der Waals surface area contributed by atoms with Crippen LogP contribution in [0.2, 0.25) is 0 Å². The van der Waals surface area contributed by atoms with E-state index in [4.69, 9.17) is 4.74 Å². The summed E-state index contributed by atoms with van der Waals surface area (Å²) in [6, 6.07) is 3.72. The van der Waals surface area contributed by atoms with Crippen molar-refractivity contribution in [2.75, 3.05) is 31.6 Å². The summed E-state index contributed by atoms with van der Waals surface area (Å²) in [7, 11) is 0. The Labute approximate surface area is 225 Å². The van der Waals surface area contributed by atoms with Crippen molar-refractivity contribution in [2.45, 2.75) is 64.8 Å². The molecule has 6 rings (SSSR count). The number of morpholine rings is 1. The van der Waals surface area contributed by atoms with Crippen LogP contribution < -0.4 is 10.6 Å². The van der Waals surface area contributed by atoms with Gasteiger partial charge in [0.25, 0.3) is 5.91 Å². The number of hydrogen-bond donors (Lipinski definition) is 2. The molecule has 3 saturated carbocycles. The number of fused-ring (bicyclic) bond motifs is 5. The number of amides is 3. The predicted molar refractivity (Wildman–Crippen MR) is 143 cm³/mol. The second-order valence-corrected chi connectivity index (χ2v) is 12.6. The number of pyridine rings is 1. The fourth-order valence-corrected chi connectivity index (χ4v) is 8.74. The summed E-state index contributed by atoms with van der Waals surface area (Å²) in [5, 5.41) is 6.22. The number of carbonyl (C=O) groups excluding carboxylic acids is 3. The molecule has 7 atom stereocenters. The lowest BCUT2D eigenvalue weighted by Crippen LogP contribution is -2.59. The van der Waals surface area contributed by atoms with Crippen molar-refractivity contribution in [1.82, 2.24) is 15.2 Å². The molecule has 2 aliphatic heterocycles. The first kappa shape index (κ1) is 25.5. The van der Waals surface area contributed by atoms with Crippen molar-refractivity contribution in [2.24, 2.45) is 34.5 Å². The van der Waals surface area contributed by atoms with E-state index in [9.17, 15) is 14.4 Å². The average Bonchev–Trinajstić information content (AvgIpc) is 3.25. The van der Waals surface area contributed by atoms with Crippen molar-refractivity contribution in [1.29, 1.82) is 0 Å². The maximum atomic E-state index is 13.1. The maximum absolute atomic E-state index is 13.1. The van der Waals surface area contributed by atoms with Gasteiger partial charge in [0.15, 0.2) is 0 Å². The molecule has 38 heavy (non-hydrogen) atoms. The first-order valence-corrected chi connectivity index (χ1v) is 14.4. The van der Waals surface area contributed by atoms with Crippen LogP contribution in [0.3, 0.4) is 0 Å². The van der Waals surface area contributed by atoms with Crippen molar-refractivity contribution in [3.8, 4) is 0 Å². The third-order valence-electron chi connectivity index (χ3n) is 10.9. The number of nitrogens with zero attached hydrogens (tertiary/aromatic N) is 2. The maximum Gasteiger partial charge on any atom is 0.255 e.